The van der Waals surface area contributed by atoms with Crippen LogP contribution in [-0.2, 0) is 4.79 Å². The Morgan fingerprint density at radius 3 is 2.68 bits per heavy atom. The van der Waals surface area contributed by atoms with Gasteiger partial charge in [0.25, 0.3) is 0 Å². The van der Waals surface area contributed by atoms with E-state index in [1.807, 2.05) is 6.07 Å². The molecule has 2 aliphatic heterocycles. The summed E-state index contributed by atoms with van der Waals surface area (Å²) in [4.78, 5) is 14.3. The van der Waals surface area contributed by atoms with Crippen LogP contribution in [-0.4, -0.2) is 28.0 Å². The molecule has 0 aliphatic carbocycles. The van der Waals surface area contributed by atoms with Crippen molar-refractivity contribution in [2.75, 3.05) is 11.9 Å². The monoisotopic (exact) mass is 408 g/mol. The Bertz CT molecular complexity index is 903. The van der Waals surface area contributed by atoms with Crippen LogP contribution in [0, 0.1) is 0 Å². The molecule has 1 saturated heterocycles. The summed E-state index contributed by atoms with van der Waals surface area (Å²) >= 11 is -0.146. The molecule has 0 saturated carbocycles. The van der Waals surface area contributed by atoms with E-state index in [9.17, 15) is 23.1 Å². The number of fused-ring (bicyclic) bond motifs is 1. The molecule has 4 nitrogen and oxygen atoms in total. The second-order valence-corrected chi connectivity index (χ2v) is 8.17. The van der Waals surface area contributed by atoms with Crippen molar-refractivity contribution >= 4 is 23.4 Å². The highest BCUT2D eigenvalue weighted by atomic mass is 32.2. The van der Waals surface area contributed by atoms with Gasteiger partial charge in [0.05, 0.1) is 12.1 Å². The molecular formula is C20H19F3N2O2S. The van der Waals surface area contributed by atoms with Crippen LogP contribution in [0.25, 0.3) is 0 Å². The summed E-state index contributed by atoms with van der Waals surface area (Å²) in [5, 5.41) is 13.2. The molecule has 2 aromatic carbocycles. The number of benzene rings is 2. The Kier molecular flexibility index (Phi) is 4.91. The van der Waals surface area contributed by atoms with Gasteiger partial charge in [0.15, 0.2) is 0 Å². The lowest BCUT2D eigenvalue weighted by atomic mass is 9.88. The molecule has 0 aromatic heterocycles. The zero-order chi connectivity index (χ0) is 19.9. The summed E-state index contributed by atoms with van der Waals surface area (Å²) in [5.74, 6) is 0.178. The Balaban J connectivity index is 1.72. The predicted molar refractivity (Wildman–Crippen MR) is 101 cm³/mol. The van der Waals surface area contributed by atoms with E-state index >= 15 is 0 Å². The average Bonchev–Trinajstić information content (AvgIpc) is 3.05. The SMILES string of the molecule is O=C1CCCN1[C@H]1C[C@@H](c2cccc(O)c2)Nc2ccc(SC(F)(F)F)cc21. The zero-order valence-corrected chi connectivity index (χ0v) is 15.7. The molecule has 8 heteroatoms. The molecular weight excluding hydrogens is 389 g/mol. The van der Waals surface area contributed by atoms with Crippen LogP contribution in [0.5, 0.6) is 5.75 Å². The number of carbonyl (C=O) groups is 1. The number of hydrogen-bond acceptors (Lipinski definition) is 4. The number of phenolic OH excluding ortho intramolecular Hbond substituents is 1. The van der Waals surface area contributed by atoms with E-state index in [1.54, 1.807) is 29.2 Å². The smallest absolute Gasteiger partial charge is 0.446 e. The van der Waals surface area contributed by atoms with Gasteiger partial charge in [-0.25, -0.2) is 0 Å². The predicted octanol–water partition coefficient (Wildman–Crippen LogP) is 5.22. The molecule has 148 valence electrons. The van der Waals surface area contributed by atoms with Crippen molar-refractivity contribution in [1.29, 1.82) is 0 Å². The maximum absolute atomic E-state index is 12.8. The van der Waals surface area contributed by atoms with Crippen LogP contribution < -0.4 is 5.32 Å². The van der Waals surface area contributed by atoms with Crippen molar-refractivity contribution in [1.82, 2.24) is 4.90 Å². The largest absolute Gasteiger partial charge is 0.508 e. The summed E-state index contributed by atoms with van der Waals surface area (Å²) in [6.45, 7) is 0.604. The fourth-order valence-corrected chi connectivity index (χ4v) is 4.59. The third kappa shape index (κ3) is 3.92. The molecule has 4 rings (SSSR count). The van der Waals surface area contributed by atoms with Gasteiger partial charge in [-0.1, -0.05) is 12.1 Å². The van der Waals surface area contributed by atoms with Crippen LogP contribution in [0.1, 0.15) is 42.5 Å². The Morgan fingerprint density at radius 1 is 1.18 bits per heavy atom. The lowest BCUT2D eigenvalue weighted by Crippen LogP contribution is -2.35. The standard InChI is InChI=1S/C20H19F3N2O2S/c21-20(22,23)28-14-6-7-16-15(10-14)18(25-8-2-5-19(25)27)11-17(24-16)12-3-1-4-13(26)9-12/h1,3-4,6-7,9-10,17-18,24,26H,2,5,8,11H2/t17-,18-/m0/s1. The first-order valence-corrected chi connectivity index (χ1v) is 9.86. The summed E-state index contributed by atoms with van der Waals surface area (Å²) < 4.78 is 38.4. The van der Waals surface area contributed by atoms with Crippen LogP contribution in [0.3, 0.4) is 0 Å². The number of aromatic hydroxyl groups is 1. The number of alkyl halides is 3. The lowest BCUT2D eigenvalue weighted by Gasteiger charge is -2.38. The second-order valence-electron chi connectivity index (χ2n) is 7.03. The summed E-state index contributed by atoms with van der Waals surface area (Å²) in [6, 6.07) is 11.1. The van der Waals surface area contributed by atoms with Crippen molar-refractivity contribution in [2.45, 2.75) is 41.7 Å². The van der Waals surface area contributed by atoms with Crippen molar-refractivity contribution in [3.63, 3.8) is 0 Å². The van der Waals surface area contributed by atoms with E-state index < -0.39 is 5.51 Å². The number of halogens is 3. The number of nitrogens with zero attached hydrogens (tertiary/aromatic N) is 1. The molecule has 2 atom stereocenters. The fourth-order valence-electron chi connectivity index (χ4n) is 4.00. The number of phenols is 1. The minimum atomic E-state index is -4.36. The van der Waals surface area contributed by atoms with E-state index in [1.165, 1.54) is 12.1 Å². The van der Waals surface area contributed by atoms with Gasteiger partial charge in [-0.05, 0) is 66.1 Å². The summed E-state index contributed by atoms with van der Waals surface area (Å²) in [5.41, 5.74) is -2.06. The van der Waals surface area contributed by atoms with Crippen molar-refractivity contribution in [3.8, 4) is 5.75 Å². The highest BCUT2D eigenvalue weighted by Crippen LogP contribution is 2.46. The van der Waals surface area contributed by atoms with Crippen LogP contribution >= 0.6 is 11.8 Å². The fraction of sp³-hybridized carbons (Fsp3) is 0.350. The minimum Gasteiger partial charge on any atom is -0.508 e. The molecule has 0 radical (unpaired) electrons. The number of hydrogen-bond donors (Lipinski definition) is 2. The molecule has 2 N–H and O–H groups in total. The molecule has 1 amide bonds. The van der Waals surface area contributed by atoms with Crippen molar-refractivity contribution in [3.05, 3.63) is 53.6 Å². The first kappa shape index (κ1) is 19.0. The number of likely N-dealkylation sites (tertiary alicyclic amines) is 1. The molecule has 1 fully saturated rings. The van der Waals surface area contributed by atoms with Gasteiger partial charge in [-0.3, -0.25) is 4.79 Å². The molecule has 0 spiro atoms. The molecule has 0 bridgehead atoms. The van der Waals surface area contributed by atoms with Crippen LogP contribution in [0.15, 0.2) is 47.4 Å². The third-order valence-corrected chi connectivity index (χ3v) is 5.88. The van der Waals surface area contributed by atoms with E-state index in [0.717, 1.165) is 17.7 Å². The number of amides is 1. The normalized spacial score (nSPS) is 22.1. The Morgan fingerprint density at radius 2 is 2.00 bits per heavy atom. The van der Waals surface area contributed by atoms with Crippen molar-refractivity contribution < 1.29 is 23.1 Å². The number of rotatable bonds is 3. The highest BCUT2D eigenvalue weighted by molar-refractivity contribution is 8.00. The minimum absolute atomic E-state index is 0.0291. The molecule has 2 aliphatic rings. The Hall–Kier alpha value is -2.35. The van der Waals surface area contributed by atoms with Gasteiger partial charge in [-0.15, -0.1) is 0 Å². The molecule has 2 aromatic rings. The van der Waals surface area contributed by atoms with Crippen molar-refractivity contribution in [2.24, 2.45) is 0 Å². The van der Waals surface area contributed by atoms with Gasteiger partial charge >= 0.3 is 5.51 Å². The number of carbonyl (C=O) groups excluding carboxylic acids is 1. The van der Waals surface area contributed by atoms with Gasteiger partial charge < -0.3 is 15.3 Å². The lowest BCUT2D eigenvalue weighted by molar-refractivity contribution is -0.130. The average molecular weight is 408 g/mol. The van der Waals surface area contributed by atoms with Gasteiger partial charge in [-0.2, -0.15) is 13.2 Å². The van der Waals surface area contributed by atoms with Gasteiger partial charge in [0.2, 0.25) is 5.91 Å². The molecule has 28 heavy (non-hydrogen) atoms. The molecule has 2 heterocycles. The quantitative estimate of drug-likeness (QED) is 0.684. The number of nitrogens with one attached hydrogen (secondary N) is 1. The van der Waals surface area contributed by atoms with Gasteiger partial charge in [0.1, 0.15) is 5.75 Å². The first-order chi connectivity index (χ1) is 13.3. The maximum atomic E-state index is 12.8. The van der Waals surface area contributed by atoms with E-state index in [0.29, 0.717) is 24.9 Å². The van der Waals surface area contributed by atoms with E-state index in [4.69, 9.17) is 0 Å². The Labute approximate surface area is 164 Å². The maximum Gasteiger partial charge on any atom is 0.446 e. The van der Waals surface area contributed by atoms with Crippen LogP contribution in [0.2, 0.25) is 0 Å². The molecule has 0 unspecified atom stereocenters. The highest BCUT2D eigenvalue weighted by Gasteiger charge is 2.37. The van der Waals surface area contributed by atoms with Gasteiger partial charge in [0, 0.05) is 23.5 Å². The second kappa shape index (κ2) is 7.24. The summed E-state index contributed by atoms with van der Waals surface area (Å²) in [6.07, 6.45) is 1.75. The number of anilines is 1. The van der Waals surface area contributed by atoms with Crippen LogP contribution in [0.4, 0.5) is 18.9 Å². The third-order valence-electron chi connectivity index (χ3n) is 5.16. The zero-order valence-electron chi connectivity index (χ0n) is 14.9. The summed E-state index contributed by atoms with van der Waals surface area (Å²) in [7, 11) is 0. The van der Waals surface area contributed by atoms with E-state index in [-0.39, 0.29) is 40.4 Å². The topological polar surface area (TPSA) is 52.6 Å². The van der Waals surface area contributed by atoms with E-state index in [2.05, 4.69) is 5.32 Å². The number of thioether (sulfide) groups is 1. The first-order valence-electron chi connectivity index (χ1n) is 9.05.